The van der Waals surface area contributed by atoms with E-state index in [4.69, 9.17) is 4.42 Å². The molecule has 1 N–H and O–H groups in total. The van der Waals surface area contributed by atoms with Gasteiger partial charge in [0.1, 0.15) is 5.76 Å². The first-order valence-corrected chi connectivity index (χ1v) is 6.01. The Morgan fingerprint density at radius 3 is 2.93 bits per heavy atom. The van der Waals surface area contributed by atoms with Gasteiger partial charge < -0.3 is 9.73 Å². The van der Waals surface area contributed by atoms with Gasteiger partial charge >= 0.3 is 0 Å². The molecule has 0 aromatic carbocycles. The van der Waals surface area contributed by atoms with Crippen LogP contribution in [0.5, 0.6) is 0 Å². The highest BCUT2D eigenvalue weighted by Gasteiger charge is 2.33. The second-order valence-electron chi connectivity index (χ2n) is 4.07. The molecule has 3 unspecified atom stereocenters. The van der Waals surface area contributed by atoms with E-state index in [-0.39, 0.29) is 0 Å². The summed E-state index contributed by atoms with van der Waals surface area (Å²) in [4.78, 5) is 0. The summed E-state index contributed by atoms with van der Waals surface area (Å²) in [6.07, 6.45) is 2.34. The van der Waals surface area contributed by atoms with Crippen LogP contribution in [0.4, 0.5) is 0 Å². The van der Waals surface area contributed by atoms with Gasteiger partial charge in [-0.2, -0.15) is 0 Å². The molecular formula is C11H16BrNO. The largest absolute Gasteiger partial charge is 0.454 e. The summed E-state index contributed by atoms with van der Waals surface area (Å²) in [7, 11) is 0. The zero-order chi connectivity index (χ0) is 10.1. The average molecular weight is 258 g/mol. The molecule has 14 heavy (non-hydrogen) atoms. The van der Waals surface area contributed by atoms with Crippen molar-refractivity contribution >= 4 is 15.9 Å². The van der Waals surface area contributed by atoms with Crippen LogP contribution in [-0.2, 0) is 0 Å². The van der Waals surface area contributed by atoms with Crippen molar-refractivity contribution in [2.24, 2.45) is 0 Å². The molecule has 0 spiro atoms. The molecule has 1 saturated heterocycles. The summed E-state index contributed by atoms with van der Waals surface area (Å²) >= 11 is 3.35. The fourth-order valence-electron chi connectivity index (χ4n) is 2.34. The molecule has 0 bridgehead atoms. The lowest BCUT2D eigenvalue weighted by Gasteiger charge is -2.14. The van der Waals surface area contributed by atoms with Crippen molar-refractivity contribution in [1.29, 1.82) is 0 Å². The van der Waals surface area contributed by atoms with Gasteiger partial charge in [0.2, 0.25) is 0 Å². The predicted molar refractivity (Wildman–Crippen MR) is 60.4 cm³/mol. The summed E-state index contributed by atoms with van der Waals surface area (Å²) < 4.78 is 6.46. The van der Waals surface area contributed by atoms with E-state index in [0.29, 0.717) is 18.0 Å². The van der Waals surface area contributed by atoms with Crippen LogP contribution in [0.2, 0.25) is 0 Å². The third kappa shape index (κ3) is 1.89. The van der Waals surface area contributed by atoms with Crippen molar-refractivity contribution in [3.8, 4) is 0 Å². The summed E-state index contributed by atoms with van der Waals surface area (Å²) in [6.45, 7) is 4.46. The minimum Gasteiger partial charge on any atom is -0.454 e. The number of halogens is 1. The maximum atomic E-state index is 5.62. The lowest BCUT2D eigenvalue weighted by atomic mass is 9.95. The highest BCUT2D eigenvalue weighted by atomic mass is 79.9. The highest BCUT2D eigenvalue weighted by molar-refractivity contribution is 9.10. The Morgan fingerprint density at radius 2 is 2.36 bits per heavy atom. The third-order valence-corrected chi connectivity index (χ3v) is 3.42. The van der Waals surface area contributed by atoms with E-state index in [1.54, 1.807) is 0 Å². The van der Waals surface area contributed by atoms with Crippen LogP contribution in [0.3, 0.4) is 0 Å². The second-order valence-corrected chi connectivity index (χ2v) is 4.85. The van der Waals surface area contributed by atoms with Crippen molar-refractivity contribution in [3.05, 3.63) is 22.6 Å². The monoisotopic (exact) mass is 257 g/mol. The van der Waals surface area contributed by atoms with Crippen LogP contribution >= 0.6 is 15.9 Å². The van der Waals surface area contributed by atoms with E-state index in [9.17, 15) is 0 Å². The number of furan rings is 1. The number of hydrogen-bond donors (Lipinski definition) is 1. The molecule has 1 aromatic rings. The van der Waals surface area contributed by atoms with Crippen molar-refractivity contribution in [2.45, 2.75) is 44.7 Å². The van der Waals surface area contributed by atoms with E-state index in [1.807, 2.05) is 6.07 Å². The van der Waals surface area contributed by atoms with Gasteiger partial charge in [-0.1, -0.05) is 6.92 Å². The first-order valence-electron chi connectivity index (χ1n) is 5.22. The van der Waals surface area contributed by atoms with E-state index in [0.717, 1.165) is 16.9 Å². The fourth-order valence-corrected chi connectivity index (χ4v) is 2.66. The Balaban J connectivity index is 2.17. The lowest BCUT2D eigenvalue weighted by Crippen LogP contribution is -2.28. The molecule has 1 fully saturated rings. The molecule has 0 radical (unpaired) electrons. The zero-order valence-electron chi connectivity index (χ0n) is 8.59. The number of hydrogen-bond acceptors (Lipinski definition) is 2. The van der Waals surface area contributed by atoms with E-state index in [2.05, 4.69) is 41.2 Å². The van der Waals surface area contributed by atoms with Crippen molar-refractivity contribution < 1.29 is 4.42 Å². The molecular weight excluding hydrogens is 242 g/mol. The molecule has 0 saturated carbocycles. The van der Waals surface area contributed by atoms with Crippen LogP contribution in [0, 0.1) is 0 Å². The topological polar surface area (TPSA) is 25.2 Å². The van der Waals surface area contributed by atoms with Gasteiger partial charge in [-0.3, -0.25) is 0 Å². The summed E-state index contributed by atoms with van der Waals surface area (Å²) in [6, 6.07) is 5.24. The highest BCUT2D eigenvalue weighted by Crippen LogP contribution is 2.34. The van der Waals surface area contributed by atoms with Crippen LogP contribution in [0.25, 0.3) is 0 Å². The Kier molecular flexibility index (Phi) is 2.98. The van der Waals surface area contributed by atoms with Crippen molar-refractivity contribution in [3.63, 3.8) is 0 Å². The van der Waals surface area contributed by atoms with Crippen molar-refractivity contribution in [2.75, 3.05) is 0 Å². The second kappa shape index (κ2) is 4.07. The van der Waals surface area contributed by atoms with Gasteiger partial charge in [-0.25, -0.2) is 0 Å². The molecule has 2 nitrogen and oxygen atoms in total. The molecule has 1 aromatic heterocycles. The maximum absolute atomic E-state index is 5.62. The van der Waals surface area contributed by atoms with Crippen LogP contribution in [0.1, 0.15) is 38.4 Å². The standard InChI is InChI=1S/C11H16BrNO/c1-3-9-8(6-7(2)13-9)10-4-5-11(12)14-10/h4-5,7-9,13H,3,6H2,1-2H3. The Bertz CT molecular complexity index is 310. The summed E-state index contributed by atoms with van der Waals surface area (Å²) in [5, 5.41) is 3.59. The molecule has 0 aliphatic carbocycles. The SMILES string of the molecule is CCC1NC(C)CC1c1ccc(Br)o1. The molecule has 78 valence electrons. The smallest absolute Gasteiger partial charge is 0.169 e. The molecule has 2 heterocycles. The third-order valence-electron chi connectivity index (χ3n) is 2.99. The molecule has 3 heteroatoms. The van der Waals surface area contributed by atoms with Gasteiger partial charge in [0.15, 0.2) is 4.67 Å². The minimum absolute atomic E-state index is 0.543. The lowest BCUT2D eigenvalue weighted by molar-refractivity contribution is 0.413. The van der Waals surface area contributed by atoms with Crippen molar-refractivity contribution in [1.82, 2.24) is 5.32 Å². The van der Waals surface area contributed by atoms with Gasteiger partial charge in [0.25, 0.3) is 0 Å². The van der Waals surface area contributed by atoms with Gasteiger partial charge in [-0.15, -0.1) is 0 Å². The van der Waals surface area contributed by atoms with E-state index < -0.39 is 0 Å². The predicted octanol–water partition coefficient (Wildman–Crippen LogP) is 3.29. The quantitative estimate of drug-likeness (QED) is 0.880. The molecule has 3 atom stereocenters. The van der Waals surface area contributed by atoms with Crippen LogP contribution < -0.4 is 5.32 Å². The van der Waals surface area contributed by atoms with Crippen LogP contribution in [0.15, 0.2) is 21.2 Å². The summed E-state index contributed by atoms with van der Waals surface area (Å²) in [5.41, 5.74) is 0. The zero-order valence-corrected chi connectivity index (χ0v) is 10.2. The Hall–Kier alpha value is -0.280. The molecule has 0 amide bonds. The number of rotatable bonds is 2. The molecule has 1 aliphatic rings. The summed E-state index contributed by atoms with van der Waals surface area (Å²) in [5.74, 6) is 1.65. The Morgan fingerprint density at radius 1 is 1.57 bits per heavy atom. The first kappa shape index (κ1) is 10.2. The fraction of sp³-hybridized carbons (Fsp3) is 0.636. The van der Waals surface area contributed by atoms with Gasteiger partial charge in [0, 0.05) is 18.0 Å². The van der Waals surface area contributed by atoms with Crippen LogP contribution in [-0.4, -0.2) is 12.1 Å². The van der Waals surface area contributed by atoms with Gasteiger partial charge in [-0.05, 0) is 47.8 Å². The maximum Gasteiger partial charge on any atom is 0.169 e. The normalized spacial score (nSPS) is 32.4. The molecule has 1 aliphatic heterocycles. The van der Waals surface area contributed by atoms with Gasteiger partial charge in [0.05, 0.1) is 0 Å². The average Bonchev–Trinajstić information content (AvgIpc) is 2.71. The number of nitrogens with one attached hydrogen (secondary N) is 1. The van der Waals surface area contributed by atoms with E-state index >= 15 is 0 Å². The first-order chi connectivity index (χ1) is 6.70. The molecule has 2 rings (SSSR count). The Labute approximate surface area is 93.2 Å². The van der Waals surface area contributed by atoms with E-state index in [1.165, 1.54) is 6.42 Å². The minimum atomic E-state index is 0.543.